The molecule has 1 fully saturated rings. The van der Waals surface area contributed by atoms with Gasteiger partial charge in [-0.1, -0.05) is 12.1 Å². The normalized spacial score (nSPS) is 14.9. The van der Waals surface area contributed by atoms with Crippen LogP contribution in [-0.4, -0.2) is 50.3 Å². The summed E-state index contributed by atoms with van der Waals surface area (Å²) in [6.07, 6.45) is 1.71. The molecule has 0 aromatic heterocycles. The van der Waals surface area contributed by atoms with Crippen LogP contribution in [0.15, 0.2) is 53.4 Å². The van der Waals surface area contributed by atoms with Gasteiger partial charge in [0.15, 0.2) is 0 Å². The van der Waals surface area contributed by atoms with Crippen molar-refractivity contribution in [3.63, 3.8) is 0 Å². The summed E-state index contributed by atoms with van der Waals surface area (Å²) in [6, 6.07) is 11.9. The van der Waals surface area contributed by atoms with Crippen LogP contribution in [0.1, 0.15) is 28.8 Å². The molecule has 0 saturated carbocycles. The quantitative estimate of drug-likeness (QED) is 0.684. The Morgan fingerprint density at radius 1 is 1.07 bits per heavy atom. The number of ether oxygens (including phenoxy) is 1. The van der Waals surface area contributed by atoms with Crippen LogP contribution >= 0.6 is 0 Å². The number of hydrogen-bond acceptors (Lipinski definition) is 4. The van der Waals surface area contributed by atoms with E-state index in [-0.39, 0.29) is 23.1 Å². The third-order valence-electron chi connectivity index (χ3n) is 4.72. The lowest BCUT2D eigenvalue weighted by Crippen LogP contribution is -2.28. The maximum absolute atomic E-state index is 12.6. The Kier molecular flexibility index (Phi) is 6.49. The first kappa shape index (κ1) is 21.2. The van der Waals surface area contributed by atoms with Crippen LogP contribution in [0, 0.1) is 0 Å². The molecule has 0 unspecified atom stereocenters. The zero-order valence-electron chi connectivity index (χ0n) is 15.9. The first-order valence-electron chi connectivity index (χ1n) is 9.17. The molecule has 0 spiro atoms. The van der Waals surface area contributed by atoms with Gasteiger partial charge in [-0.3, -0.25) is 4.79 Å². The molecule has 1 amide bonds. The van der Waals surface area contributed by atoms with Gasteiger partial charge in [0.2, 0.25) is 10.0 Å². The van der Waals surface area contributed by atoms with Crippen LogP contribution in [0.4, 0.5) is 8.78 Å². The molecule has 1 aliphatic heterocycles. The largest absolute Gasteiger partial charge is 0.435 e. The smallest absolute Gasteiger partial charge is 0.387 e. The molecule has 0 bridgehead atoms. The molecule has 6 nitrogen and oxygen atoms in total. The standard InChI is InChI=1S/C20H22F2N2O4S/c1-23(14-15-4-8-17(9-5-15)28-20(21)22)19(25)16-6-10-18(11-7-16)29(26,27)24-12-2-3-13-24/h4-11,20H,2-3,12-14H2,1H3. The van der Waals surface area contributed by atoms with Crippen molar-refractivity contribution < 1.29 is 26.7 Å². The van der Waals surface area contributed by atoms with Crippen molar-refractivity contribution in [2.24, 2.45) is 0 Å². The van der Waals surface area contributed by atoms with E-state index in [1.54, 1.807) is 19.2 Å². The van der Waals surface area contributed by atoms with Gasteiger partial charge in [-0.15, -0.1) is 0 Å². The number of amides is 1. The molecular weight excluding hydrogens is 402 g/mol. The number of benzene rings is 2. The number of nitrogens with zero attached hydrogens (tertiary/aromatic N) is 2. The van der Waals surface area contributed by atoms with Gasteiger partial charge in [0.05, 0.1) is 4.90 Å². The molecule has 2 aromatic rings. The highest BCUT2D eigenvalue weighted by Gasteiger charge is 2.27. The monoisotopic (exact) mass is 424 g/mol. The van der Waals surface area contributed by atoms with Crippen LogP contribution in [0.3, 0.4) is 0 Å². The van der Waals surface area contributed by atoms with Gasteiger partial charge in [0.1, 0.15) is 5.75 Å². The lowest BCUT2D eigenvalue weighted by Gasteiger charge is -2.19. The second kappa shape index (κ2) is 8.87. The SMILES string of the molecule is CN(Cc1ccc(OC(F)F)cc1)C(=O)c1ccc(S(=O)(=O)N2CCCC2)cc1. The highest BCUT2D eigenvalue weighted by molar-refractivity contribution is 7.89. The Balaban J connectivity index is 1.65. The summed E-state index contributed by atoms with van der Waals surface area (Å²) >= 11 is 0. The minimum Gasteiger partial charge on any atom is -0.435 e. The zero-order valence-corrected chi connectivity index (χ0v) is 16.7. The summed E-state index contributed by atoms with van der Waals surface area (Å²) in [5.41, 5.74) is 1.11. The molecule has 0 N–H and O–H groups in total. The van der Waals surface area contributed by atoms with Crippen molar-refractivity contribution in [3.8, 4) is 5.75 Å². The molecule has 1 heterocycles. The van der Waals surface area contributed by atoms with Gasteiger partial charge >= 0.3 is 6.61 Å². The summed E-state index contributed by atoms with van der Waals surface area (Å²) in [5, 5.41) is 0. The van der Waals surface area contributed by atoms with Crippen molar-refractivity contribution in [1.29, 1.82) is 0 Å². The lowest BCUT2D eigenvalue weighted by molar-refractivity contribution is -0.0498. The third kappa shape index (κ3) is 5.10. The van der Waals surface area contributed by atoms with Crippen LogP contribution in [0.25, 0.3) is 0 Å². The zero-order chi connectivity index (χ0) is 21.0. The van der Waals surface area contributed by atoms with Crippen molar-refractivity contribution in [1.82, 2.24) is 9.21 Å². The highest BCUT2D eigenvalue weighted by Crippen LogP contribution is 2.22. The van der Waals surface area contributed by atoms with Gasteiger partial charge in [0.25, 0.3) is 5.91 Å². The average molecular weight is 424 g/mol. The Morgan fingerprint density at radius 3 is 2.21 bits per heavy atom. The minimum atomic E-state index is -3.52. The molecule has 3 rings (SSSR count). The molecule has 9 heteroatoms. The van der Waals surface area contributed by atoms with Gasteiger partial charge in [-0.25, -0.2) is 8.42 Å². The molecular formula is C20H22F2N2O4S. The highest BCUT2D eigenvalue weighted by atomic mass is 32.2. The first-order valence-corrected chi connectivity index (χ1v) is 10.6. The summed E-state index contributed by atoms with van der Waals surface area (Å²) < 4.78 is 55.3. The topological polar surface area (TPSA) is 66.9 Å². The van der Waals surface area contributed by atoms with Crippen LogP contribution in [-0.2, 0) is 16.6 Å². The summed E-state index contributed by atoms with van der Waals surface area (Å²) in [6.45, 7) is -1.58. The Bertz CT molecular complexity index is 941. The van der Waals surface area contributed by atoms with E-state index in [2.05, 4.69) is 4.74 Å². The second-order valence-corrected chi connectivity index (χ2v) is 8.76. The Morgan fingerprint density at radius 2 is 1.66 bits per heavy atom. The van der Waals surface area contributed by atoms with Crippen molar-refractivity contribution in [3.05, 3.63) is 59.7 Å². The molecule has 0 radical (unpaired) electrons. The van der Waals surface area contributed by atoms with Gasteiger partial charge in [-0.2, -0.15) is 13.1 Å². The van der Waals surface area contributed by atoms with E-state index < -0.39 is 16.6 Å². The first-order chi connectivity index (χ1) is 13.8. The predicted octanol–water partition coefficient (Wildman–Crippen LogP) is 3.34. The van der Waals surface area contributed by atoms with Crippen LogP contribution < -0.4 is 4.74 Å². The van der Waals surface area contributed by atoms with E-state index in [9.17, 15) is 22.0 Å². The number of carbonyl (C=O) groups excluding carboxylic acids is 1. The Labute approximate surface area is 168 Å². The van der Waals surface area contributed by atoms with Crippen molar-refractivity contribution >= 4 is 15.9 Å². The summed E-state index contributed by atoms with van der Waals surface area (Å²) in [7, 11) is -1.91. The predicted molar refractivity (Wildman–Crippen MR) is 103 cm³/mol. The van der Waals surface area contributed by atoms with Gasteiger partial charge < -0.3 is 9.64 Å². The maximum Gasteiger partial charge on any atom is 0.387 e. The van der Waals surface area contributed by atoms with E-state index in [0.29, 0.717) is 18.7 Å². The minimum absolute atomic E-state index is 0.0486. The maximum atomic E-state index is 12.6. The number of carbonyl (C=O) groups is 1. The fourth-order valence-electron chi connectivity index (χ4n) is 3.19. The van der Waals surface area contributed by atoms with Crippen molar-refractivity contribution in [2.45, 2.75) is 30.9 Å². The number of halogens is 2. The lowest BCUT2D eigenvalue weighted by atomic mass is 10.1. The Hall–Kier alpha value is -2.52. The van der Waals surface area contributed by atoms with Crippen LogP contribution in [0.2, 0.25) is 0 Å². The fourth-order valence-corrected chi connectivity index (χ4v) is 4.71. The number of rotatable bonds is 7. The summed E-state index contributed by atoms with van der Waals surface area (Å²) in [4.78, 5) is 14.3. The number of hydrogen-bond donors (Lipinski definition) is 0. The molecule has 0 atom stereocenters. The molecule has 156 valence electrons. The van der Waals surface area contributed by atoms with E-state index in [1.165, 1.54) is 45.6 Å². The van der Waals surface area contributed by atoms with Gasteiger partial charge in [-0.05, 0) is 54.8 Å². The molecule has 2 aromatic carbocycles. The fraction of sp³-hybridized carbons (Fsp3) is 0.350. The molecule has 1 saturated heterocycles. The number of alkyl halides is 2. The van der Waals surface area contributed by atoms with Crippen LogP contribution in [0.5, 0.6) is 5.75 Å². The van der Waals surface area contributed by atoms with E-state index in [0.717, 1.165) is 18.4 Å². The average Bonchev–Trinajstić information content (AvgIpc) is 3.24. The molecule has 1 aliphatic rings. The number of sulfonamides is 1. The van der Waals surface area contributed by atoms with E-state index in [1.807, 2.05) is 0 Å². The van der Waals surface area contributed by atoms with E-state index >= 15 is 0 Å². The molecule has 29 heavy (non-hydrogen) atoms. The molecule has 0 aliphatic carbocycles. The van der Waals surface area contributed by atoms with Gasteiger partial charge in [0, 0.05) is 32.2 Å². The van der Waals surface area contributed by atoms with E-state index in [4.69, 9.17) is 0 Å². The second-order valence-electron chi connectivity index (χ2n) is 6.82. The third-order valence-corrected chi connectivity index (χ3v) is 6.63. The van der Waals surface area contributed by atoms with Crippen molar-refractivity contribution in [2.75, 3.05) is 20.1 Å². The summed E-state index contributed by atoms with van der Waals surface area (Å²) in [5.74, 6) is -0.226.